The number of tetrazole rings is 1. The van der Waals surface area contributed by atoms with Crippen molar-refractivity contribution in [3.63, 3.8) is 0 Å². The molecule has 0 bridgehead atoms. The third-order valence-electron chi connectivity index (χ3n) is 7.00. The lowest BCUT2D eigenvalue weighted by Gasteiger charge is -2.21. The normalized spacial score (nSPS) is 14.7. The number of allylic oxidation sites excluding steroid dienone is 2. The van der Waals surface area contributed by atoms with E-state index in [-0.39, 0.29) is 5.69 Å². The van der Waals surface area contributed by atoms with Crippen LogP contribution in [-0.2, 0) is 19.5 Å². The van der Waals surface area contributed by atoms with Crippen molar-refractivity contribution >= 4 is 0 Å². The standard InChI is InChI=1S/C28H32N6O/c1-2-3-11-24-20-33(18-21-9-5-4-6-10-21)28(35)34(24)19-22-14-16-23(17-15-22)25-12-7-8-13-26(25)27-29-31-32-30-27/h2-3,7-8,12-17,20-21H,4-6,9-11,18-19H2,1H3,(H,29,30,31,32)/b3-2+. The Morgan fingerprint density at radius 1 is 1.03 bits per heavy atom. The second kappa shape index (κ2) is 10.7. The van der Waals surface area contributed by atoms with Gasteiger partial charge in [-0.1, -0.05) is 79.9 Å². The van der Waals surface area contributed by atoms with Gasteiger partial charge in [-0.3, -0.25) is 9.13 Å². The highest BCUT2D eigenvalue weighted by molar-refractivity contribution is 5.80. The first-order valence-corrected chi connectivity index (χ1v) is 12.6. The third kappa shape index (κ3) is 5.19. The summed E-state index contributed by atoms with van der Waals surface area (Å²) in [5, 5.41) is 14.3. The first kappa shape index (κ1) is 23.0. The van der Waals surface area contributed by atoms with Gasteiger partial charge in [0.15, 0.2) is 5.82 Å². The van der Waals surface area contributed by atoms with Crippen LogP contribution in [0.15, 0.2) is 71.7 Å². The van der Waals surface area contributed by atoms with E-state index in [0.29, 0.717) is 18.3 Å². The van der Waals surface area contributed by atoms with Crippen LogP contribution in [0.2, 0.25) is 0 Å². The first-order chi connectivity index (χ1) is 17.2. The van der Waals surface area contributed by atoms with Crippen molar-refractivity contribution in [1.29, 1.82) is 0 Å². The Hall–Kier alpha value is -3.74. The Labute approximate surface area is 205 Å². The van der Waals surface area contributed by atoms with E-state index in [9.17, 15) is 4.79 Å². The second-order valence-electron chi connectivity index (χ2n) is 9.41. The quantitative estimate of drug-likeness (QED) is 0.358. The van der Waals surface area contributed by atoms with Crippen LogP contribution in [0.25, 0.3) is 22.5 Å². The Bertz CT molecular complexity index is 1320. The highest BCUT2D eigenvalue weighted by atomic mass is 16.1. The van der Waals surface area contributed by atoms with Gasteiger partial charge in [-0.15, -0.1) is 5.10 Å². The highest BCUT2D eigenvalue weighted by Gasteiger charge is 2.18. The molecule has 35 heavy (non-hydrogen) atoms. The van der Waals surface area contributed by atoms with Crippen molar-refractivity contribution in [2.75, 3.05) is 0 Å². The van der Waals surface area contributed by atoms with Crippen molar-refractivity contribution in [3.05, 3.63) is 88.6 Å². The molecule has 0 amide bonds. The maximum Gasteiger partial charge on any atom is 0.328 e. The number of H-pyrrole nitrogens is 1. The molecule has 1 aliphatic carbocycles. The van der Waals surface area contributed by atoms with Gasteiger partial charge in [0.25, 0.3) is 0 Å². The molecule has 7 heteroatoms. The van der Waals surface area contributed by atoms with Gasteiger partial charge in [0.1, 0.15) is 0 Å². The molecule has 0 atom stereocenters. The van der Waals surface area contributed by atoms with Crippen LogP contribution in [0.5, 0.6) is 0 Å². The fraction of sp³-hybridized carbons (Fsp3) is 0.357. The number of nitrogens with one attached hydrogen (secondary N) is 1. The minimum Gasteiger partial charge on any atom is -0.299 e. The number of hydrogen-bond acceptors (Lipinski definition) is 4. The molecule has 0 unspecified atom stereocenters. The lowest BCUT2D eigenvalue weighted by Crippen LogP contribution is -2.28. The fourth-order valence-corrected chi connectivity index (χ4v) is 5.12. The monoisotopic (exact) mass is 468 g/mol. The lowest BCUT2D eigenvalue weighted by molar-refractivity contribution is 0.315. The predicted octanol–water partition coefficient (Wildman–Crippen LogP) is 5.24. The molecule has 2 aromatic carbocycles. The van der Waals surface area contributed by atoms with Crippen LogP contribution in [0.4, 0.5) is 0 Å². The van der Waals surface area contributed by atoms with E-state index >= 15 is 0 Å². The van der Waals surface area contributed by atoms with Gasteiger partial charge in [-0.25, -0.2) is 9.89 Å². The van der Waals surface area contributed by atoms with Crippen molar-refractivity contribution in [2.45, 2.75) is 58.5 Å². The second-order valence-corrected chi connectivity index (χ2v) is 9.41. The zero-order chi connectivity index (χ0) is 24.0. The van der Waals surface area contributed by atoms with Gasteiger partial charge in [-0.05, 0) is 52.8 Å². The summed E-state index contributed by atoms with van der Waals surface area (Å²) in [5.41, 5.74) is 5.36. The summed E-state index contributed by atoms with van der Waals surface area (Å²) >= 11 is 0. The van der Waals surface area contributed by atoms with Crippen molar-refractivity contribution in [2.24, 2.45) is 5.92 Å². The molecule has 0 saturated heterocycles. The van der Waals surface area contributed by atoms with E-state index in [1.165, 1.54) is 32.1 Å². The van der Waals surface area contributed by atoms with Gasteiger partial charge < -0.3 is 0 Å². The zero-order valence-corrected chi connectivity index (χ0v) is 20.2. The van der Waals surface area contributed by atoms with E-state index < -0.39 is 0 Å². The van der Waals surface area contributed by atoms with Crippen LogP contribution in [-0.4, -0.2) is 29.8 Å². The molecule has 1 aliphatic rings. The topological polar surface area (TPSA) is 81.4 Å². The number of nitrogens with zero attached hydrogens (tertiary/aromatic N) is 5. The molecule has 1 saturated carbocycles. The SMILES string of the molecule is C/C=C/Cc1cn(CC2CCCCC2)c(=O)n1Cc1ccc(-c2ccccc2-c2nnn[nH]2)cc1. The number of benzene rings is 2. The van der Waals surface area contributed by atoms with Crippen LogP contribution >= 0.6 is 0 Å². The average molecular weight is 469 g/mol. The Morgan fingerprint density at radius 2 is 1.80 bits per heavy atom. The Kier molecular flexibility index (Phi) is 7.02. The largest absolute Gasteiger partial charge is 0.328 e. The van der Waals surface area contributed by atoms with E-state index in [0.717, 1.165) is 40.9 Å². The van der Waals surface area contributed by atoms with E-state index in [1.54, 1.807) is 0 Å². The third-order valence-corrected chi connectivity index (χ3v) is 7.00. The van der Waals surface area contributed by atoms with Gasteiger partial charge in [0.2, 0.25) is 0 Å². The van der Waals surface area contributed by atoms with E-state index in [1.807, 2.05) is 40.3 Å². The van der Waals surface area contributed by atoms with E-state index in [4.69, 9.17) is 0 Å². The average Bonchev–Trinajstić information content (AvgIpc) is 3.54. The predicted molar refractivity (Wildman–Crippen MR) is 138 cm³/mol. The molecule has 2 aromatic heterocycles. The molecule has 5 rings (SSSR count). The molecule has 4 aromatic rings. The van der Waals surface area contributed by atoms with Crippen molar-refractivity contribution < 1.29 is 0 Å². The summed E-state index contributed by atoms with van der Waals surface area (Å²) in [4.78, 5) is 13.4. The van der Waals surface area contributed by atoms with Crippen molar-refractivity contribution in [1.82, 2.24) is 29.8 Å². The molecular formula is C28H32N6O. The molecule has 0 spiro atoms. The van der Waals surface area contributed by atoms with E-state index in [2.05, 4.69) is 63.2 Å². The van der Waals surface area contributed by atoms with Crippen molar-refractivity contribution in [3.8, 4) is 22.5 Å². The molecule has 7 nitrogen and oxygen atoms in total. The van der Waals surface area contributed by atoms with Crippen LogP contribution < -0.4 is 5.69 Å². The Morgan fingerprint density at radius 3 is 2.51 bits per heavy atom. The summed E-state index contributed by atoms with van der Waals surface area (Å²) in [7, 11) is 0. The summed E-state index contributed by atoms with van der Waals surface area (Å²) in [6.45, 7) is 3.42. The fourth-order valence-electron chi connectivity index (χ4n) is 5.12. The van der Waals surface area contributed by atoms with Gasteiger partial charge >= 0.3 is 5.69 Å². The number of imidazole rings is 1. The van der Waals surface area contributed by atoms with Gasteiger partial charge in [-0.2, -0.15) is 0 Å². The number of hydrogen-bond donors (Lipinski definition) is 1. The summed E-state index contributed by atoms with van der Waals surface area (Å²) in [6, 6.07) is 16.5. The maximum atomic E-state index is 13.4. The molecule has 2 heterocycles. The zero-order valence-electron chi connectivity index (χ0n) is 20.2. The smallest absolute Gasteiger partial charge is 0.299 e. The van der Waals surface area contributed by atoms with Gasteiger partial charge in [0.05, 0.1) is 6.54 Å². The number of rotatable bonds is 8. The summed E-state index contributed by atoms with van der Waals surface area (Å²) in [5.74, 6) is 1.26. The number of aromatic amines is 1. The minimum absolute atomic E-state index is 0.0994. The molecule has 0 radical (unpaired) electrons. The Balaban J connectivity index is 1.40. The molecule has 180 valence electrons. The lowest BCUT2D eigenvalue weighted by atomic mass is 9.89. The molecule has 1 N–H and O–H groups in total. The molecule has 0 aliphatic heterocycles. The first-order valence-electron chi connectivity index (χ1n) is 12.6. The van der Waals surface area contributed by atoms with Crippen LogP contribution in [0.1, 0.15) is 50.3 Å². The summed E-state index contributed by atoms with van der Waals surface area (Å²) < 4.78 is 3.89. The summed E-state index contributed by atoms with van der Waals surface area (Å²) in [6.07, 6.45) is 13.4. The highest BCUT2D eigenvalue weighted by Crippen LogP contribution is 2.30. The molecular weight excluding hydrogens is 436 g/mol. The van der Waals surface area contributed by atoms with Gasteiger partial charge in [0, 0.05) is 30.4 Å². The van der Waals surface area contributed by atoms with Crippen LogP contribution in [0, 0.1) is 5.92 Å². The maximum absolute atomic E-state index is 13.4. The van der Waals surface area contributed by atoms with Crippen LogP contribution in [0.3, 0.4) is 0 Å². The minimum atomic E-state index is 0.0994. The number of aromatic nitrogens is 6. The molecule has 1 fully saturated rings.